The first-order valence-corrected chi connectivity index (χ1v) is 9.49. The number of esters is 2. The van der Waals surface area contributed by atoms with Gasteiger partial charge in [-0.15, -0.1) is 0 Å². The van der Waals surface area contributed by atoms with Gasteiger partial charge in [0, 0.05) is 11.8 Å². The SMILES string of the molecule is O=C1C=C[C@@]2(COC(=O)CC(=O)OCc3ccccc3)C[C@@H]3COC(=O)N3[C@H]2C1. The number of benzene rings is 1. The van der Waals surface area contributed by atoms with Crippen molar-refractivity contribution in [2.45, 2.75) is 38.0 Å². The quantitative estimate of drug-likeness (QED) is 0.408. The summed E-state index contributed by atoms with van der Waals surface area (Å²) in [6.45, 7) is 0.341. The maximum absolute atomic E-state index is 12.1. The van der Waals surface area contributed by atoms with Gasteiger partial charge in [-0.2, -0.15) is 0 Å². The van der Waals surface area contributed by atoms with Crippen LogP contribution in [0.3, 0.4) is 0 Å². The number of cyclic esters (lactones) is 1. The zero-order valence-corrected chi connectivity index (χ0v) is 15.7. The summed E-state index contributed by atoms with van der Waals surface area (Å²) >= 11 is 0. The van der Waals surface area contributed by atoms with Crippen LogP contribution in [0.2, 0.25) is 0 Å². The number of ether oxygens (including phenoxy) is 3. The molecule has 1 aromatic carbocycles. The summed E-state index contributed by atoms with van der Waals surface area (Å²) in [5.74, 6) is -1.45. The molecule has 1 aromatic rings. The van der Waals surface area contributed by atoms with E-state index in [4.69, 9.17) is 14.2 Å². The second kappa shape index (κ2) is 7.69. The Morgan fingerprint density at radius 2 is 1.90 bits per heavy atom. The van der Waals surface area contributed by atoms with Crippen molar-refractivity contribution in [1.29, 1.82) is 0 Å². The molecule has 3 aliphatic rings. The van der Waals surface area contributed by atoms with Gasteiger partial charge < -0.3 is 14.2 Å². The van der Waals surface area contributed by atoms with E-state index in [-0.39, 0.29) is 38.1 Å². The summed E-state index contributed by atoms with van der Waals surface area (Å²) in [7, 11) is 0. The fourth-order valence-electron chi connectivity index (χ4n) is 4.24. The number of fused-ring (bicyclic) bond motifs is 3. The van der Waals surface area contributed by atoms with Gasteiger partial charge in [0.15, 0.2) is 5.78 Å². The Labute approximate surface area is 167 Å². The maximum atomic E-state index is 12.1. The molecule has 2 heterocycles. The molecule has 1 aliphatic carbocycles. The smallest absolute Gasteiger partial charge is 0.410 e. The van der Waals surface area contributed by atoms with E-state index < -0.39 is 35.9 Å². The van der Waals surface area contributed by atoms with E-state index in [0.29, 0.717) is 6.42 Å². The molecule has 0 radical (unpaired) electrons. The second-order valence-electron chi connectivity index (χ2n) is 7.58. The van der Waals surface area contributed by atoms with Crippen LogP contribution in [0.4, 0.5) is 4.79 Å². The zero-order chi connectivity index (χ0) is 20.4. The van der Waals surface area contributed by atoms with Crippen molar-refractivity contribution in [3.8, 4) is 0 Å². The van der Waals surface area contributed by atoms with E-state index in [2.05, 4.69) is 0 Å². The molecule has 0 N–H and O–H groups in total. The van der Waals surface area contributed by atoms with Gasteiger partial charge >= 0.3 is 18.0 Å². The lowest BCUT2D eigenvalue weighted by Crippen LogP contribution is -2.46. The first-order valence-electron chi connectivity index (χ1n) is 9.49. The minimum Gasteiger partial charge on any atom is -0.464 e. The summed E-state index contributed by atoms with van der Waals surface area (Å²) in [6.07, 6.45) is 2.98. The van der Waals surface area contributed by atoms with Crippen molar-refractivity contribution in [1.82, 2.24) is 4.90 Å². The molecule has 29 heavy (non-hydrogen) atoms. The summed E-state index contributed by atoms with van der Waals surface area (Å²) in [6, 6.07) is 8.61. The minimum atomic E-state index is -0.698. The van der Waals surface area contributed by atoms with Crippen molar-refractivity contribution in [2.75, 3.05) is 13.2 Å². The van der Waals surface area contributed by atoms with Gasteiger partial charge in [0.1, 0.15) is 26.2 Å². The Morgan fingerprint density at radius 1 is 1.14 bits per heavy atom. The van der Waals surface area contributed by atoms with Crippen LogP contribution in [0.25, 0.3) is 0 Å². The number of ketones is 1. The molecule has 152 valence electrons. The summed E-state index contributed by atoms with van der Waals surface area (Å²) < 4.78 is 15.5. The van der Waals surface area contributed by atoms with E-state index in [1.54, 1.807) is 11.0 Å². The minimum absolute atomic E-state index is 0.00742. The van der Waals surface area contributed by atoms with Crippen molar-refractivity contribution in [2.24, 2.45) is 5.41 Å². The number of amides is 1. The van der Waals surface area contributed by atoms with E-state index in [0.717, 1.165) is 5.56 Å². The molecule has 1 amide bonds. The van der Waals surface area contributed by atoms with Gasteiger partial charge in [0.25, 0.3) is 0 Å². The first-order chi connectivity index (χ1) is 14.0. The predicted molar refractivity (Wildman–Crippen MR) is 98.4 cm³/mol. The largest absolute Gasteiger partial charge is 0.464 e. The topological polar surface area (TPSA) is 99.2 Å². The van der Waals surface area contributed by atoms with Crippen LogP contribution in [0.1, 0.15) is 24.8 Å². The van der Waals surface area contributed by atoms with E-state index in [1.807, 2.05) is 30.3 Å². The molecule has 8 heteroatoms. The number of allylic oxidation sites excluding steroid dienone is 1. The molecule has 0 aromatic heterocycles. The van der Waals surface area contributed by atoms with Crippen LogP contribution < -0.4 is 0 Å². The standard InChI is InChI=1S/C21H21NO7/c23-16-6-7-21(10-15-12-28-20(26)22(15)17(21)8-16)13-29-19(25)9-18(24)27-11-14-4-2-1-3-5-14/h1-7,15,17H,8-13H2/t15-,17+,21+/m1/s1. The maximum Gasteiger partial charge on any atom is 0.410 e. The highest BCUT2D eigenvalue weighted by Gasteiger charge is 2.58. The lowest BCUT2D eigenvalue weighted by molar-refractivity contribution is -0.157. The molecule has 4 rings (SSSR count). The lowest BCUT2D eigenvalue weighted by atomic mass is 9.74. The highest BCUT2D eigenvalue weighted by atomic mass is 16.6. The number of carbonyl (C=O) groups excluding carboxylic acids is 4. The zero-order valence-electron chi connectivity index (χ0n) is 15.7. The Hall–Kier alpha value is -3.16. The average Bonchev–Trinajstić information content (AvgIpc) is 3.23. The van der Waals surface area contributed by atoms with Crippen LogP contribution in [0.5, 0.6) is 0 Å². The molecule has 8 nitrogen and oxygen atoms in total. The van der Waals surface area contributed by atoms with Crippen molar-refractivity contribution < 1.29 is 33.4 Å². The van der Waals surface area contributed by atoms with Crippen molar-refractivity contribution >= 4 is 23.8 Å². The molecular weight excluding hydrogens is 378 g/mol. The lowest BCUT2D eigenvalue weighted by Gasteiger charge is -2.36. The summed E-state index contributed by atoms with van der Waals surface area (Å²) in [5.41, 5.74) is 0.188. The third-order valence-electron chi connectivity index (χ3n) is 5.65. The van der Waals surface area contributed by atoms with Crippen LogP contribution in [-0.4, -0.2) is 54.0 Å². The molecule has 3 atom stereocenters. The van der Waals surface area contributed by atoms with Gasteiger partial charge in [-0.1, -0.05) is 36.4 Å². The molecule has 2 saturated heterocycles. The van der Waals surface area contributed by atoms with Crippen LogP contribution in [0.15, 0.2) is 42.5 Å². The van der Waals surface area contributed by atoms with Gasteiger partial charge in [-0.3, -0.25) is 19.3 Å². The molecule has 0 bridgehead atoms. The third-order valence-corrected chi connectivity index (χ3v) is 5.65. The number of hydrogen-bond acceptors (Lipinski definition) is 7. The molecule has 2 fully saturated rings. The van der Waals surface area contributed by atoms with Crippen molar-refractivity contribution in [3.05, 3.63) is 48.0 Å². The van der Waals surface area contributed by atoms with Gasteiger partial charge in [-0.05, 0) is 18.1 Å². The normalized spacial score (nSPS) is 27.2. The third kappa shape index (κ3) is 3.87. The summed E-state index contributed by atoms with van der Waals surface area (Å²) in [4.78, 5) is 49.5. The van der Waals surface area contributed by atoms with E-state index in [9.17, 15) is 19.2 Å². The summed E-state index contributed by atoms with van der Waals surface area (Å²) in [5, 5.41) is 0. The Morgan fingerprint density at radius 3 is 2.69 bits per heavy atom. The monoisotopic (exact) mass is 399 g/mol. The molecular formula is C21H21NO7. The Kier molecular flexibility index (Phi) is 5.08. The molecule has 0 saturated carbocycles. The Balaban J connectivity index is 1.33. The number of nitrogens with zero attached hydrogens (tertiary/aromatic N) is 1. The van der Waals surface area contributed by atoms with E-state index in [1.165, 1.54) is 6.08 Å². The number of hydrogen-bond donors (Lipinski definition) is 0. The van der Waals surface area contributed by atoms with Gasteiger partial charge in [0.2, 0.25) is 0 Å². The van der Waals surface area contributed by atoms with Crippen LogP contribution in [-0.2, 0) is 35.2 Å². The highest BCUT2D eigenvalue weighted by molar-refractivity contribution is 5.92. The molecule has 2 aliphatic heterocycles. The fourth-order valence-corrected chi connectivity index (χ4v) is 4.24. The number of rotatable bonds is 6. The second-order valence-corrected chi connectivity index (χ2v) is 7.58. The molecule has 0 spiro atoms. The first kappa shape index (κ1) is 19.2. The van der Waals surface area contributed by atoms with E-state index >= 15 is 0 Å². The number of carbonyl (C=O) groups is 4. The van der Waals surface area contributed by atoms with Gasteiger partial charge in [-0.25, -0.2) is 4.79 Å². The predicted octanol–water partition coefficient (Wildman–Crippen LogP) is 1.77. The van der Waals surface area contributed by atoms with Gasteiger partial charge in [0.05, 0.1) is 12.1 Å². The fraction of sp³-hybridized carbons (Fsp3) is 0.429. The van der Waals surface area contributed by atoms with Crippen molar-refractivity contribution in [3.63, 3.8) is 0 Å². The molecule has 0 unspecified atom stereocenters. The average molecular weight is 399 g/mol. The highest BCUT2D eigenvalue weighted by Crippen LogP contribution is 2.48. The van der Waals surface area contributed by atoms with Crippen LogP contribution in [0, 0.1) is 5.41 Å². The van der Waals surface area contributed by atoms with Crippen LogP contribution >= 0.6 is 0 Å². The Bertz CT molecular complexity index is 865.